The van der Waals surface area contributed by atoms with Crippen LogP contribution in [0.3, 0.4) is 0 Å². The summed E-state index contributed by atoms with van der Waals surface area (Å²) < 4.78 is 1.60. The van der Waals surface area contributed by atoms with Gasteiger partial charge in [-0.25, -0.2) is 0 Å². The molecule has 7 nitrogen and oxygen atoms in total. The van der Waals surface area contributed by atoms with E-state index in [1.807, 2.05) is 0 Å². The summed E-state index contributed by atoms with van der Waals surface area (Å²) in [5, 5.41) is 23.7. The highest BCUT2D eigenvalue weighted by atomic mass is 16.6. The van der Waals surface area contributed by atoms with E-state index < -0.39 is 4.92 Å². The molecule has 2 rings (SSSR count). The normalized spacial score (nSPS) is 16.7. The Morgan fingerprint density at radius 1 is 1.40 bits per heavy atom. The molecule has 0 aliphatic heterocycles. The molecule has 1 aromatic rings. The minimum Gasteiger partial charge on any atom is -0.395 e. The van der Waals surface area contributed by atoms with Crippen molar-refractivity contribution in [3.63, 3.8) is 0 Å². The third-order valence-corrected chi connectivity index (χ3v) is 3.91. The molecule has 0 atom stereocenters. The Morgan fingerprint density at radius 3 is 2.75 bits per heavy atom. The predicted octanol–water partition coefficient (Wildman–Crippen LogP) is 1.42. The van der Waals surface area contributed by atoms with Crippen LogP contribution in [0.25, 0.3) is 0 Å². The van der Waals surface area contributed by atoms with Crippen molar-refractivity contribution in [3.8, 4) is 0 Å². The fourth-order valence-electron chi connectivity index (χ4n) is 2.86. The molecule has 0 amide bonds. The van der Waals surface area contributed by atoms with Gasteiger partial charge < -0.3 is 15.2 Å². The van der Waals surface area contributed by atoms with E-state index in [2.05, 4.69) is 10.00 Å². The van der Waals surface area contributed by atoms with Crippen LogP contribution in [0.4, 0.5) is 5.82 Å². The van der Waals surface area contributed by atoms with Crippen molar-refractivity contribution >= 4 is 5.82 Å². The number of nitro groups is 1. The van der Waals surface area contributed by atoms with E-state index in [9.17, 15) is 15.2 Å². The third kappa shape index (κ3) is 4.01. The minimum atomic E-state index is -0.483. The van der Waals surface area contributed by atoms with Gasteiger partial charge in [0, 0.05) is 19.1 Å². The maximum atomic E-state index is 10.6. The molecule has 1 heterocycles. The molecule has 1 saturated carbocycles. The second-order valence-electron chi connectivity index (χ2n) is 5.25. The molecule has 0 unspecified atom stereocenters. The van der Waals surface area contributed by atoms with Crippen molar-refractivity contribution in [1.82, 2.24) is 14.7 Å². The first-order valence-corrected chi connectivity index (χ1v) is 7.23. The molecule has 0 spiro atoms. The molecule has 0 saturated heterocycles. The number of hydrogen-bond acceptors (Lipinski definition) is 5. The lowest BCUT2D eigenvalue weighted by molar-refractivity contribution is -0.389. The Hall–Kier alpha value is -1.47. The predicted molar refractivity (Wildman–Crippen MR) is 74.4 cm³/mol. The van der Waals surface area contributed by atoms with Gasteiger partial charge in [-0.05, 0) is 17.8 Å². The van der Waals surface area contributed by atoms with Crippen LogP contribution in [0.5, 0.6) is 0 Å². The molecule has 1 aromatic heterocycles. The van der Waals surface area contributed by atoms with E-state index in [1.54, 1.807) is 10.9 Å². The van der Waals surface area contributed by atoms with E-state index >= 15 is 0 Å². The molecule has 20 heavy (non-hydrogen) atoms. The smallest absolute Gasteiger partial charge is 0.389 e. The van der Waals surface area contributed by atoms with E-state index in [-0.39, 0.29) is 12.4 Å². The van der Waals surface area contributed by atoms with Gasteiger partial charge in [-0.1, -0.05) is 19.3 Å². The summed E-state index contributed by atoms with van der Waals surface area (Å²) in [6.45, 7) is 2.19. The van der Waals surface area contributed by atoms with Crippen LogP contribution >= 0.6 is 0 Å². The van der Waals surface area contributed by atoms with Crippen LogP contribution in [-0.4, -0.2) is 50.4 Å². The lowest BCUT2D eigenvalue weighted by Gasteiger charge is -2.33. The van der Waals surface area contributed by atoms with E-state index in [0.29, 0.717) is 19.1 Å². The molecular formula is C13H22N4O3. The van der Waals surface area contributed by atoms with Gasteiger partial charge in [0.25, 0.3) is 0 Å². The molecular weight excluding hydrogens is 260 g/mol. The Labute approximate surface area is 118 Å². The topological polar surface area (TPSA) is 84.4 Å². The quantitative estimate of drug-likeness (QED) is 0.604. The van der Waals surface area contributed by atoms with Gasteiger partial charge in [-0.2, -0.15) is 4.68 Å². The van der Waals surface area contributed by atoms with Gasteiger partial charge in [0.2, 0.25) is 0 Å². The minimum absolute atomic E-state index is 0.114. The molecule has 1 aliphatic carbocycles. The molecule has 112 valence electrons. The molecule has 0 aromatic carbocycles. The summed E-state index contributed by atoms with van der Waals surface area (Å²) in [4.78, 5) is 12.4. The second-order valence-corrected chi connectivity index (χ2v) is 5.25. The molecule has 1 aliphatic rings. The number of hydrogen-bond donors (Lipinski definition) is 1. The third-order valence-electron chi connectivity index (χ3n) is 3.91. The molecule has 1 N–H and O–H groups in total. The highest BCUT2D eigenvalue weighted by Crippen LogP contribution is 2.22. The Morgan fingerprint density at radius 2 is 2.15 bits per heavy atom. The average molecular weight is 282 g/mol. The van der Waals surface area contributed by atoms with Gasteiger partial charge in [-0.3, -0.25) is 4.90 Å². The Kier molecular flexibility index (Phi) is 5.49. The van der Waals surface area contributed by atoms with Gasteiger partial charge in [0.1, 0.15) is 0 Å². The summed E-state index contributed by atoms with van der Waals surface area (Å²) in [5.41, 5.74) is 0. The van der Waals surface area contributed by atoms with Crippen LogP contribution in [0, 0.1) is 10.1 Å². The van der Waals surface area contributed by atoms with Gasteiger partial charge in [-0.15, -0.1) is 0 Å². The number of nitrogens with zero attached hydrogens (tertiary/aromatic N) is 4. The maximum Gasteiger partial charge on any atom is 0.389 e. The van der Waals surface area contributed by atoms with Crippen molar-refractivity contribution in [2.75, 3.05) is 19.7 Å². The largest absolute Gasteiger partial charge is 0.395 e. The highest BCUT2D eigenvalue weighted by molar-refractivity contribution is 5.13. The zero-order valence-electron chi connectivity index (χ0n) is 11.6. The van der Waals surface area contributed by atoms with Crippen molar-refractivity contribution < 1.29 is 10.0 Å². The van der Waals surface area contributed by atoms with Crippen molar-refractivity contribution in [1.29, 1.82) is 0 Å². The molecule has 0 bridgehead atoms. The zero-order valence-corrected chi connectivity index (χ0v) is 11.6. The van der Waals surface area contributed by atoms with Crippen LogP contribution in [0.2, 0.25) is 0 Å². The maximum absolute atomic E-state index is 10.6. The number of aliphatic hydroxyl groups is 1. The monoisotopic (exact) mass is 282 g/mol. The SMILES string of the molecule is O=[N+]([O-])c1ccn(CCN(CCO)C2CCCCC2)n1. The van der Waals surface area contributed by atoms with Crippen molar-refractivity contribution in [3.05, 3.63) is 22.4 Å². The van der Waals surface area contributed by atoms with Crippen LogP contribution in [0.1, 0.15) is 32.1 Å². The van der Waals surface area contributed by atoms with Crippen molar-refractivity contribution in [2.45, 2.75) is 44.7 Å². The zero-order chi connectivity index (χ0) is 14.4. The van der Waals surface area contributed by atoms with E-state index in [0.717, 1.165) is 6.54 Å². The summed E-state index contributed by atoms with van der Waals surface area (Å²) in [6.07, 6.45) is 7.79. The van der Waals surface area contributed by atoms with Gasteiger partial charge in [0.05, 0.1) is 30.5 Å². The van der Waals surface area contributed by atoms with Crippen LogP contribution in [-0.2, 0) is 6.54 Å². The summed E-state index contributed by atoms with van der Waals surface area (Å²) in [7, 11) is 0. The van der Waals surface area contributed by atoms with Gasteiger partial charge >= 0.3 is 5.82 Å². The standard InChI is InChI=1S/C13H22N4O3/c18-11-10-15(12-4-2-1-3-5-12)8-9-16-7-6-13(14-16)17(19)20/h6-7,12,18H,1-5,8-11H2. The molecule has 0 radical (unpaired) electrons. The lowest BCUT2D eigenvalue weighted by atomic mass is 9.94. The Bertz CT molecular complexity index is 429. The Balaban J connectivity index is 1.88. The van der Waals surface area contributed by atoms with E-state index in [1.165, 1.54) is 38.2 Å². The first-order chi connectivity index (χ1) is 9.70. The first kappa shape index (κ1) is 14.9. The number of rotatable bonds is 7. The fraction of sp³-hybridized carbons (Fsp3) is 0.769. The summed E-state index contributed by atoms with van der Waals surface area (Å²) >= 11 is 0. The van der Waals surface area contributed by atoms with Gasteiger partial charge in [0.15, 0.2) is 0 Å². The van der Waals surface area contributed by atoms with Crippen molar-refractivity contribution in [2.24, 2.45) is 0 Å². The number of aliphatic hydroxyl groups excluding tert-OH is 1. The fourth-order valence-corrected chi connectivity index (χ4v) is 2.86. The average Bonchev–Trinajstić information content (AvgIpc) is 2.93. The molecule has 7 heteroatoms. The van der Waals surface area contributed by atoms with Crippen LogP contribution in [0.15, 0.2) is 12.3 Å². The second kappa shape index (κ2) is 7.35. The summed E-state index contributed by atoms with van der Waals surface area (Å²) in [6, 6.07) is 1.94. The summed E-state index contributed by atoms with van der Waals surface area (Å²) in [5.74, 6) is -0.114. The molecule has 1 fully saturated rings. The lowest BCUT2D eigenvalue weighted by Crippen LogP contribution is -2.40. The van der Waals surface area contributed by atoms with E-state index in [4.69, 9.17) is 0 Å². The number of aromatic nitrogens is 2. The first-order valence-electron chi connectivity index (χ1n) is 7.23. The van der Waals surface area contributed by atoms with Crippen LogP contribution < -0.4 is 0 Å². The highest BCUT2D eigenvalue weighted by Gasteiger charge is 2.21.